The Kier molecular flexibility index (Phi) is 4.46. The molecule has 0 aliphatic heterocycles. The van der Waals surface area contributed by atoms with Gasteiger partial charge in [0.25, 0.3) is 0 Å². The fraction of sp³-hybridized carbons (Fsp3) is 0.923. The number of nitrogens with zero attached hydrogens (tertiary/aromatic N) is 1. The molecule has 16 heavy (non-hydrogen) atoms. The molecule has 1 fully saturated rings. The van der Waals surface area contributed by atoms with E-state index in [0.29, 0.717) is 17.3 Å². The van der Waals surface area contributed by atoms with Gasteiger partial charge in [0.1, 0.15) is 7.85 Å². The summed E-state index contributed by atoms with van der Waals surface area (Å²) in [5, 5.41) is 0.440. The van der Waals surface area contributed by atoms with Crippen LogP contribution in [0.4, 0.5) is 0 Å². The van der Waals surface area contributed by atoms with E-state index in [1.165, 1.54) is 32.1 Å². The fourth-order valence-corrected chi connectivity index (χ4v) is 3.16. The maximum absolute atomic E-state index is 11.5. The van der Waals surface area contributed by atoms with Crippen LogP contribution in [0.15, 0.2) is 0 Å². The van der Waals surface area contributed by atoms with E-state index in [2.05, 4.69) is 21.7 Å². The molecule has 3 atom stereocenters. The first kappa shape index (κ1) is 13.6. The second-order valence-electron chi connectivity index (χ2n) is 6.29. The average molecular weight is 223 g/mol. The van der Waals surface area contributed by atoms with Crippen LogP contribution >= 0.6 is 0 Å². The second kappa shape index (κ2) is 5.24. The highest BCUT2D eigenvalue weighted by Crippen LogP contribution is 2.40. The summed E-state index contributed by atoms with van der Waals surface area (Å²) < 4.78 is 0. The van der Waals surface area contributed by atoms with E-state index in [0.717, 1.165) is 0 Å². The summed E-state index contributed by atoms with van der Waals surface area (Å²) in [6, 6.07) is 0.442. The van der Waals surface area contributed by atoms with E-state index in [1.807, 2.05) is 11.9 Å². The smallest absolute Gasteiger partial charge is 0.219 e. The van der Waals surface area contributed by atoms with Crippen molar-refractivity contribution in [1.82, 2.24) is 4.90 Å². The maximum Gasteiger partial charge on any atom is 0.219 e. The number of carbonyl (C=O) groups excluding carboxylic acids is 1. The molecule has 1 rings (SSSR count). The normalized spacial score (nSPS) is 36.2. The summed E-state index contributed by atoms with van der Waals surface area (Å²) in [6.07, 6.45) is 6.30. The van der Waals surface area contributed by atoms with Crippen molar-refractivity contribution in [1.29, 1.82) is 0 Å². The monoisotopic (exact) mass is 223 g/mol. The highest BCUT2D eigenvalue weighted by atomic mass is 16.2. The molecule has 0 bridgehead atoms. The zero-order chi connectivity index (χ0) is 12.3. The Bertz CT molecular complexity index is 252. The summed E-state index contributed by atoms with van der Waals surface area (Å²) in [5.74, 6) is 0.819. The largest absolute Gasteiger partial charge is 0.343 e. The lowest BCUT2D eigenvalue weighted by Crippen LogP contribution is -2.41. The maximum atomic E-state index is 11.5. The van der Waals surface area contributed by atoms with Crippen molar-refractivity contribution < 1.29 is 4.79 Å². The van der Waals surface area contributed by atoms with Crippen LogP contribution in [0.2, 0.25) is 5.31 Å². The molecule has 2 nitrogen and oxygen atoms in total. The minimum atomic E-state index is 0.204. The first-order valence-electron chi connectivity index (χ1n) is 6.57. The predicted molar refractivity (Wildman–Crippen MR) is 71.4 cm³/mol. The lowest BCUT2D eigenvalue weighted by atomic mass is 9.61. The van der Waals surface area contributed by atoms with Gasteiger partial charge < -0.3 is 4.90 Å². The van der Waals surface area contributed by atoms with E-state index in [-0.39, 0.29) is 5.91 Å². The van der Waals surface area contributed by atoms with E-state index < -0.39 is 0 Å². The summed E-state index contributed by atoms with van der Waals surface area (Å²) in [5.41, 5.74) is 0. The van der Waals surface area contributed by atoms with Gasteiger partial charge in [-0.2, -0.15) is 0 Å². The minimum absolute atomic E-state index is 0.204. The molecule has 0 aromatic carbocycles. The molecule has 92 valence electrons. The van der Waals surface area contributed by atoms with Crippen molar-refractivity contribution in [3.63, 3.8) is 0 Å². The van der Waals surface area contributed by atoms with Crippen molar-refractivity contribution in [3.8, 4) is 0 Å². The minimum Gasteiger partial charge on any atom is -0.343 e. The Morgan fingerprint density at radius 3 is 2.62 bits per heavy atom. The SMILES string of the molecule is BC1(C)CCCCC(N(C)C(C)=O)C(C)C1. The van der Waals surface area contributed by atoms with Gasteiger partial charge >= 0.3 is 0 Å². The number of rotatable bonds is 1. The Balaban J connectivity index is 2.72. The molecule has 0 aromatic heterocycles. The van der Waals surface area contributed by atoms with Crippen molar-refractivity contribution in [3.05, 3.63) is 0 Å². The highest BCUT2D eigenvalue weighted by molar-refractivity contribution is 6.14. The van der Waals surface area contributed by atoms with Crippen LogP contribution < -0.4 is 0 Å². The molecule has 1 aliphatic carbocycles. The molecular weight excluding hydrogens is 197 g/mol. The van der Waals surface area contributed by atoms with Gasteiger partial charge in [-0.3, -0.25) is 4.79 Å². The fourth-order valence-electron chi connectivity index (χ4n) is 3.16. The number of hydrogen-bond acceptors (Lipinski definition) is 1. The van der Waals surface area contributed by atoms with Crippen LogP contribution in [-0.2, 0) is 4.79 Å². The van der Waals surface area contributed by atoms with E-state index in [1.54, 1.807) is 6.92 Å². The van der Waals surface area contributed by atoms with E-state index >= 15 is 0 Å². The number of carbonyl (C=O) groups is 1. The molecule has 0 aromatic rings. The molecule has 0 spiro atoms. The first-order chi connectivity index (χ1) is 7.33. The number of hydrogen-bond donors (Lipinski definition) is 0. The summed E-state index contributed by atoms with van der Waals surface area (Å²) in [6.45, 7) is 6.34. The third-order valence-electron chi connectivity index (χ3n) is 4.13. The Morgan fingerprint density at radius 2 is 2.06 bits per heavy atom. The second-order valence-corrected chi connectivity index (χ2v) is 6.29. The van der Waals surface area contributed by atoms with E-state index in [4.69, 9.17) is 0 Å². The third kappa shape index (κ3) is 3.53. The van der Waals surface area contributed by atoms with Crippen molar-refractivity contribution in [2.24, 2.45) is 5.92 Å². The van der Waals surface area contributed by atoms with Gasteiger partial charge in [0.15, 0.2) is 0 Å². The van der Waals surface area contributed by atoms with E-state index in [9.17, 15) is 4.79 Å². The van der Waals surface area contributed by atoms with Gasteiger partial charge in [0.2, 0.25) is 5.91 Å². The average Bonchev–Trinajstić information content (AvgIpc) is 2.13. The lowest BCUT2D eigenvalue weighted by molar-refractivity contribution is -0.130. The Hall–Kier alpha value is -0.465. The van der Waals surface area contributed by atoms with Gasteiger partial charge in [-0.1, -0.05) is 44.8 Å². The van der Waals surface area contributed by atoms with Gasteiger partial charge in [-0.05, 0) is 12.3 Å². The van der Waals surface area contributed by atoms with Crippen LogP contribution in [-0.4, -0.2) is 31.7 Å². The molecule has 3 heteroatoms. The first-order valence-corrected chi connectivity index (χ1v) is 6.57. The van der Waals surface area contributed by atoms with Crippen molar-refractivity contribution >= 4 is 13.8 Å². The standard InChI is InChI=1S/C13H26BNO/c1-10-9-13(3,14)8-6-5-7-12(10)15(4)11(2)16/h10,12H,5-9,14H2,1-4H3. The van der Waals surface area contributed by atoms with Crippen LogP contribution in [0.25, 0.3) is 0 Å². The van der Waals surface area contributed by atoms with Crippen molar-refractivity contribution in [2.45, 2.75) is 64.2 Å². The van der Waals surface area contributed by atoms with Crippen molar-refractivity contribution in [2.75, 3.05) is 7.05 Å². The van der Waals surface area contributed by atoms with Crippen LogP contribution in [0, 0.1) is 5.92 Å². The molecule has 0 saturated heterocycles. The van der Waals surface area contributed by atoms with Gasteiger partial charge in [-0.15, -0.1) is 0 Å². The van der Waals surface area contributed by atoms with Gasteiger partial charge in [0.05, 0.1) is 0 Å². The van der Waals surface area contributed by atoms with Crippen LogP contribution in [0.5, 0.6) is 0 Å². The predicted octanol–water partition coefficient (Wildman–Crippen LogP) is 2.25. The van der Waals surface area contributed by atoms with Gasteiger partial charge in [-0.25, -0.2) is 0 Å². The molecular formula is C13H26BNO. The zero-order valence-electron chi connectivity index (χ0n) is 11.5. The molecule has 0 heterocycles. The molecule has 1 aliphatic rings. The summed E-state index contributed by atoms with van der Waals surface area (Å²) in [4.78, 5) is 13.4. The van der Waals surface area contributed by atoms with Crippen LogP contribution in [0.1, 0.15) is 52.9 Å². The zero-order valence-corrected chi connectivity index (χ0v) is 11.5. The quantitative estimate of drug-likeness (QED) is 0.624. The van der Waals surface area contributed by atoms with Gasteiger partial charge in [0, 0.05) is 20.0 Å². The Labute approximate surface area is 101 Å². The summed E-state index contributed by atoms with van der Waals surface area (Å²) >= 11 is 0. The lowest BCUT2D eigenvalue weighted by Gasteiger charge is -2.39. The molecule has 1 amide bonds. The third-order valence-corrected chi connectivity index (χ3v) is 4.13. The molecule has 0 radical (unpaired) electrons. The summed E-state index contributed by atoms with van der Waals surface area (Å²) in [7, 11) is 4.32. The molecule has 3 unspecified atom stereocenters. The number of amides is 1. The van der Waals surface area contributed by atoms with Crippen LogP contribution in [0.3, 0.4) is 0 Å². The Morgan fingerprint density at radius 1 is 1.44 bits per heavy atom. The topological polar surface area (TPSA) is 20.3 Å². The highest BCUT2D eigenvalue weighted by Gasteiger charge is 2.30. The molecule has 0 N–H and O–H groups in total. The molecule has 1 saturated carbocycles.